The summed E-state index contributed by atoms with van der Waals surface area (Å²) in [7, 11) is 0. The van der Waals surface area contributed by atoms with Gasteiger partial charge in [0.25, 0.3) is 5.69 Å². The number of para-hydroxylation sites is 1. The Morgan fingerprint density at radius 2 is 2.00 bits per heavy atom. The average Bonchev–Trinajstić information content (AvgIpc) is 3.22. The number of thioether (sulfide) groups is 1. The Labute approximate surface area is 181 Å². The third kappa shape index (κ3) is 5.91. The van der Waals surface area contributed by atoms with E-state index >= 15 is 0 Å². The van der Waals surface area contributed by atoms with Crippen LogP contribution in [0.5, 0.6) is 0 Å². The molecule has 0 spiro atoms. The van der Waals surface area contributed by atoms with Crippen LogP contribution in [-0.4, -0.2) is 49.9 Å². The fourth-order valence-corrected chi connectivity index (χ4v) is 3.44. The number of hydrogen-bond acceptors (Lipinski definition) is 8. The molecule has 2 N–H and O–H groups in total. The number of nitrogens with one attached hydrogen (secondary N) is 2. The maximum absolute atomic E-state index is 12.1. The van der Waals surface area contributed by atoms with Crippen molar-refractivity contribution in [2.24, 2.45) is 0 Å². The van der Waals surface area contributed by atoms with E-state index in [1.807, 2.05) is 30.3 Å². The van der Waals surface area contributed by atoms with Gasteiger partial charge in [-0.3, -0.25) is 14.9 Å². The van der Waals surface area contributed by atoms with Gasteiger partial charge in [0.2, 0.25) is 11.1 Å². The van der Waals surface area contributed by atoms with Crippen molar-refractivity contribution in [2.75, 3.05) is 24.2 Å². The van der Waals surface area contributed by atoms with Gasteiger partial charge >= 0.3 is 0 Å². The van der Waals surface area contributed by atoms with Gasteiger partial charge < -0.3 is 10.6 Å². The van der Waals surface area contributed by atoms with Crippen molar-refractivity contribution in [1.82, 2.24) is 25.5 Å². The molecule has 1 aromatic heterocycles. The van der Waals surface area contributed by atoms with E-state index in [-0.39, 0.29) is 22.4 Å². The minimum absolute atomic E-state index is 0.0615. The summed E-state index contributed by atoms with van der Waals surface area (Å²) in [6, 6.07) is 13.7. The molecular formula is C18H18ClN7O3S. The summed E-state index contributed by atoms with van der Waals surface area (Å²) in [5, 5.41) is 29.0. The molecule has 2 aromatic carbocycles. The molecule has 3 rings (SSSR count). The highest BCUT2D eigenvalue weighted by Crippen LogP contribution is 2.26. The van der Waals surface area contributed by atoms with Crippen LogP contribution in [0.25, 0.3) is 5.69 Å². The summed E-state index contributed by atoms with van der Waals surface area (Å²) < 4.78 is 1.58. The number of carbonyl (C=O) groups is 1. The minimum Gasteiger partial charge on any atom is -0.384 e. The van der Waals surface area contributed by atoms with Crippen molar-refractivity contribution >= 4 is 40.6 Å². The number of aromatic nitrogens is 4. The fourth-order valence-electron chi connectivity index (χ4n) is 2.48. The van der Waals surface area contributed by atoms with Crippen molar-refractivity contribution in [3.05, 3.63) is 63.7 Å². The molecule has 0 radical (unpaired) electrons. The molecular weight excluding hydrogens is 430 g/mol. The zero-order valence-corrected chi connectivity index (χ0v) is 17.3. The lowest BCUT2D eigenvalue weighted by Gasteiger charge is -2.09. The fraction of sp³-hybridized carbons (Fsp3) is 0.222. The van der Waals surface area contributed by atoms with E-state index in [4.69, 9.17) is 11.6 Å². The molecule has 1 heterocycles. The van der Waals surface area contributed by atoms with E-state index < -0.39 is 4.92 Å². The van der Waals surface area contributed by atoms with Crippen molar-refractivity contribution in [2.45, 2.75) is 11.6 Å². The highest BCUT2D eigenvalue weighted by atomic mass is 35.5. The SMILES string of the molecule is O=C(CSc1nnnn1-c1ccccc1)NCCCNc1ccc([N+](=O)[O-])cc1Cl. The van der Waals surface area contributed by atoms with Gasteiger partial charge in [-0.1, -0.05) is 41.6 Å². The van der Waals surface area contributed by atoms with Gasteiger partial charge in [0.05, 0.1) is 27.1 Å². The lowest BCUT2D eigenvalue weighted by atomic mass is 10.2. The summed E-state index contributed by atoms with van der Waals surface area (Å²) >= 11 is 7.28. The summed E-state index contributed by atoms with van der Waals surface area (Å²) in [5.41, 5.74) is 1.37. The van der Waals surface area contributed by atoms with Gasteiger partial charge in [-0.2, -0.15) is 4.68 Å². The second-order valence-corrected chi connectivity index (χ2v) is 7.40. The van der Waals surface area contributed by atoms with E-state index in [0.29, 0.717) is 30.4 Å². The molecule has 156 valence electrons. The van der Waals surface area contributed by atoms with Crippen LogP contribution in [0.4, 0.5) is 11.4 Å². The highest BCUT2D eigenvalue weighted by Gasteiger charge is 2.11. The Kier molecular flexibility index (Phi) is 7.57. The van der Waals surface area contributed by atoms with Crippen molar-refractivity contribution in [3.8, 4) is 5.69 Å². The zero-order valence-electron chi connectivity index (χ0n) is 15.7. The third-order valence-corrected chi connectivity index (χ3v) is 5.16. The summed E-state index contributed by atoms with van der Waals surface area (Å²) in [4.78, 5) is 22.3. The number of hydrogen-bond donors (Lipinski definition) is 2. The Morgan fingerprint density at radius 3 is 2.73 bits per heavy atom. The Bertz CT molecular complexity index is 1020. The average molecular weight is 448 g/mol. The number of halogens is 1. The van der Waals surface area contributed by atoms with Crippen LogP contribution in [-0.2, 0) is 4.79 Å². The number of rotatable bonds is 10. The van der Waals surface area contributed by atoms with E-state index in [0.717, 1.165) is 5.69 Å². The van der Waals surface area contributed by atoms with E-state index in [2.05, 4.69) is 26.2 Å². The number of anilines is 1. The van der Waals surface area contributed by atoms with Crippen LogP contribution in [0.2, 0.25) is 5.02 Å². The van der Waals surface area contributed by atoms with Gasteiger partial charge in [0, 0.05) is 25.2 Å². The van der Waals surface area contributed by atoms with E-state index in [1.54, 1.807) is 10.7 Å². The molecule has 0 bridgehead atoms. The first-order valence-corrected chi connectivity index (χ1v) is 10.3. The van der Waals surface area contributed by atoms with E-state index in [9.17, 15) is 14.9 Å². The molecule has 0 aliphatic heterocycles. The van der Waals surface area contributed by atoms with E-state index in [1.165, 1.54) is 23.9 Å². The lowest BCUT2D eigenvalue weighted by Crippen LogP contribution is -2.27. The van der Waals surface area contributed by atoms with Crippen molar-refractivity contribution in [1.29, 1.82) is 0 Å². The van der Waals surface area contributed by atoms with Crippen LogP contribution in [0.3, 0.4) is 0 Å². The van der Waals surface area contributed by atoms with Crippen LogP contribution >= 0.6 is 23.4 Å². The third-order valence-electron chi connectivity index (χ3n) is 3.93. The Hall–Kier alpha value is -3.18. The predicted octanol–water partition coefficient (Wildman–Crippen LogP) is 2.93. The maximum Gasteiger partial charge on any atom is 0.271 e. The summed E-state index contributed by atoms with van der Waals surface area (Å²) in [6.45, 7) is 1.03. The number of benzene rings is 2. The molecule has 0 aliphatic carbocycles. The summed E-state index contributed by atoms with van der Waals surface area (Å²) in [6.07, 6.45) is 0.658. The van der Waals surface area contributed by atoms with Crippen molar-refractivity contribution < 1.29 is 9.72 Å². The van der Waals surface area contributed by atoms with Gasteiger partial charge in [-0.25, -0.2) is 0 Å². The minimum atomic E-state index is -0.498. The number of tetrazole rings is 1. The van der Waals surface area contributed by atoms with Crippen LogP contribution in [0.15, 0.2) is 53.7 Å². The standard InChI is InChI=1S/C18H18ClN7O3S/c19-15-11-14(26(28)29)7-8-16(15)20-9-4-10-21-17(27)12-30-18-22-23-24-25(18)13-5-2-1-3-6-13/h1-3,5-8,11,20H,4,9-10,12H2,(H,21,27). The Morgan fingerprint density at radius 1 is 1.20 bits per heavy atom. The molecule has 0 unspecified atom stereocenters. The number of amides is 1. The monoisotopic (exact) mass is 447 g/mol. The molecule has 0 fully saturated rings. The van der Waals surface area contributed by atoms with Gasteiger partial charge in [0.15, 0.2) is 0 Å². The first-order valence-electron chi connectivity index (χ1n) is 8.95. The molecule has 12 heteroatoms. The van der Waals surface area contributed by atoms with Gasteiger partial charge in [-0.15, -0.1) is 5.10 Å². The molecule has 0 atom stereocenters. The molecule has 0 saturated carbocycles. The predicted molar refractivity (Wildman–Crippen MR) is 114 cm³/mol. The smallest absolute Gasteiger partial charge is 0.271 e. The number of carbonyl (C=O) groups excluding carboxylic acids is 1. The summed E-state index contributed by atoms with van der Waals surface area (Å²) in [5.74, 6) is 0.0606. The zero-order chi connectivity index (χ0) is 21.3. The number of non-ortho nitro benzene ring substituents is 1. The first-order chi connectivity index (χ1) is 14.5. The second-order valence-electron chi connectivity index (χ2n) is 6.05. The quantitative estimate of drug-likeness (QED) is 0.210. The van der Waals surface area contributed by atoms with Crippen molar-refractivity contribution in [3.63, 3.8) is 0 Å². The maximum atomic E-state index is 12.1. The number of nitrogens with zero attached hydrogens (tertiary/aromatic N) is 5. The normalized spacial score (nSPS) is 10.6. The van der Waals surface area contributed by atoms with Crippen LogP contribution in [0, 0.1) is 10.1 Å². The Balaban J connectivity index is 1.37. The van der Waals surface area contributed by atoms with Gasteiger partial charge in [0.1, 0.15) is 0 Å². The number of nitro groups is 1. The largest absolute Gasteiger partial charge is 0.384 e. The lowest BCUT2D eigenvalue weighted by molar-refractivity contribution is -0.384. The van der Waals surface area contributed by atoms with Gasteiger partial charge in [-0.05, 0) is 35.0 Å². The molecule has 0 saturated heterocycles. The van der Waals surface area contributed by atoms with Crippen LogP contribution < -0.4 is 10.6 Å². The van der Waals surface area contributed by atoms with Crippen LogP contribution in [0.1, 0.15) is 6.42 Å². The molecule has 3 aromatic rings. The molecule has 1 amide bonds. The molecule has 0 aliphatic rings. The first kappa shape index (κ1) is 21.5. The second kappa shape index (κ2) is 10.6. The highest BCUT2D eigenvalue weighted by molar-refractivity contribution is 7.99. The molecule has 10 nitrogen and oxygen atoms in total. The molecule has 30 heavy (non-hydrogen) atoms. The number of nitro benzene ring substituents is 1. The topological polar surface area (TPSA) is 128 Å².